The number of hydrogen-bond donors (Lipinski definition) is 3. The fourth-order valence-electron chi connectivity index (χ4n) is 0.818. The molecule has 0 radical (unpaired) electrons. The number of phenolic OH excluding ortho intramolecular Hbond substituents is 3. The highest BCUT2D eigenvalue weighted by Crippen LogP contribution is 2.32. The first-order chi connectivity index (χ1) is 5.15. The maximum atomic E-state index is 9.08. The molecule has 0 aromatic heterocycles. The SMILES string of the molecule is C=Cc1c(O)cc(O)cc1O. The van der Waals surface area contributed by atoms with Crippen molar-refractivity contribution in [2.45, 2.75) is 0 Å². The van der Waals surface area contributed by atoms with E-state index in [1.165, 1.54) is 6.08 Å². The standard InChI is InChI=1S/C8H8O3/c1-2-6-7(10)3-5(9)4-8(6)11/h2-4,9-11H,1H2. The van der Waals surface area contributed by atoms with Crippen molar-refractivity contribution in [3.05, 3.63) is 24.3 Å². The zero-order chi connectivity index (χ0) is 8.43. The highest BCUT2D eigenvalue weighted by molar-refractivity contribution is 5.64. The monoisotopic (exact) mass is 152 g/mol. The quantitative estimate of drug-likeness (QED) is 0.570. The van der Waals surface area contributed by atoms with Crippen molar-refractivity contribution in [3.63, 3.8) is 0 Å². The summed E-state index contributed by atoms with van der Waals surface area (Å²) in [7, 11) is 0. The van der Waals surface area contributed by atoms with Crippen molar-refractivity contribution < 1.29 is 15.3 Å². The van der Waals surface area contributed by atoms with Gasteiger partial charge in [0.2, 0.25) is 0 Å². The third kappa shape index (κ3) is 1.26. The molecule has 0 unspecified atom stereocenters. The fourth-order valence-corrected chi connectivity index (χ4v) is 0.818. The van der Waals surface area contributed by atoms with Gasteiger partial charge in [-0.15, -0.1) is 0 Å². The Bertz CT molecular complexity index is 268. The van der Waals surface area contributed by atoms with Gasteiger partial charge in [-0.2, -0.15) is 0 Å². The van der Waals surface area contributed by atoms with Gasteiger partial charge in [-0.1, -0.05) is 12.7 Å². The molecule has 3 heteroatoms. The van der Waals surface area contributed by atoms with Crippen LogP contribution in [-0.2, 0) is 0 Å². The lowest BCUT2D eigenvalue weighted by Gasteiger charge is -2.02. The molecule has 0 saturated heterocycles. The molecule has 1 rings (SSSR count). The summed E-state index contributed by atoms with van der Waals surface area (Å²) in [6.45, 7) is 3.38. The molecular weight excluding hydrogens is 144 g/mol. The predicted octanol–water partition coefficient (Wildman–Crippen LogP) is 1.45. The average Bonchev–Trinajstić information content (AvgIpc) is 1.85. The molecule has 11 heavy (non-hydrogen) atoms. The maximum Gasteiger partial charge on any atom is 0.130 e. The van der Waals surface area contributed by atoms with Crippen LogP contribution < -0.4 is 0 Å². The number of benzene rings is 1. The van der Waals surface area contributed by atoms with E-state index in [-0.39, 0.29) is 22.8 Å². The van der Waals surface area contributed by atoms with E-state index in [2.05, 4.69) is 6.58 Å². The molecular formula is C8H8O3. The first kappa shape index (κ1) is 7.47. The topological polar surface area (TPSA) is 60.7 Å². The van der Waals surface area contributed by atoms with E-state index >= 15 is 0 Å². The Balaban J connectivity index is 3.36. The minimum Gasteiger partial charge on any atom is -0.508 e. The van der Waals surface area contributed by atoms with Gasteiger partial charge in [0.25, 0.3) is 0 Å². The van der Waals surface area contributed by atoms with Crippen LogP contribution in [0, 0.1) is 0 Å². The molecule has 58 valence electrons. The largest absolute Gasteiger partial charge is 0.508 e. The van der Waals surface area contributed by atoms with Crippen LogP contribution in [0.25, 0.3) is 6.08 Å². The minimum absolute atomic E-state index is 0.175. The fraction of sp³-hybridized carbons (Fsp3) is 0. The first-order valence-corrected chi connectivity index (χ1v) is 3.02. The van der Waals surface area contributed by atoms with Crippen LogP contribution in [0.4, 0.5) is 0 Å². The van der Waals surface area contributed by atoms with Crippen molar-refractivity contribution in [1.29, 1.82) is 0 Å². The molecule has 3 N–H and O–H groups in total. The summed E-state index contributed by atoms with van der Waals surface area (Å²) in [6, 6.07) is 2.27. The van der Waals surface area contributed by atoms with Crippen LogP contribution in [0.5, 0.6) is 17.2 Å². The van der Waals surface area contributed by atoms with E-state index in [0.29, 0.717) is 0 Å². The zero-order valence-electron chi connectivity index (χ0n) is 5.78. The smallest absolute Gasteiger partial charge is 0.130 e. The summed E-state index contributed by atoms with van der Waals surface area (Å²) in [4.78, 5) is 0. The van der Waals surface area contributed by atoms with Crippen molar-refractivity contribution in [2.75, 3.05) is 0 Å². The van der Waals surface area contributed by atoms with Crippen molar-refractivity contribution >= 4 is 6.08 Å². The molecule has 1 aromatic rings. The second-order valence-corrected chi connectivity index (χ2v) is 2.10. The van der Waals surface area contributed by atoms with E-state index < -0.39 is 0 Å². The molecule has 0 aliphatic rings. The summed E-state index contributed by atoms with van der Waals surface area (Å²) in [5.41, 5.74) is 0.225. The summed E-state index contributed by atoms with van der Waals surface area (Å²) >= 11 is 0. The van der Waals surface area contributed by atoms with E-state index in [9.17, 15) is 0 Å². The summed E-state index contributed by atoms with van der Waals surface area (Å²) in [6.07, 6.45) is 1.31. The molecule has 0 spiro atoms. The molecule has 3 nitrogen and oxygen atoms in total. The van der Waals surface area contributed by atoms with E-state index in [0.717, 1.165) is 12.1 Å². The first-order valence-electron chi connectivity index (χ1n) is 3.02. The zero-order valence-corrected chi connectivity index (χ0v) is 5.78. The van der Waals surface area contributed by atoms with Crippen LogP contribution in [0.1, 0.15) is 5.56 Å². The molecule has 0 aliphatic carbocycles. The molecule has 0 bridgehead atoms. The molecule has 0 atom stereocenters. The van der Waals surface area contributed by atoms with Crippen molar-refractivity contribution in [3.8, 4) is 17.2 Å². The number of aromatic hydroxyl groups is 3. The number of rotatable bonds is 1. The molecule has 0 amide bonds. The Morgan fingerprint density at radius 2 is 1.55 bits per heavy atom. The van der Waals surface area contributed by atoms with Gasteiger partial charge in [0, 0.05) is 12.1 Å². The Labute approximate surface area is 63.9 Å². The van der Waals surface area contributed by atoms with Crippen LogP contribution in [0.2, 0.25) is 0 Å². The number of hydrogen-bond acceptors (Lipinski definition) is 3. The predicted molar refractivity (Wildman–Crippen MR) is 41.5 cm³/mol. The lowest BCUT2D eigenvalue weighted by atomic mass is 10.1. The third-order valence-corrected chi connectivity index (χ3v) is 1.33. The second kappa shape index (κ2) is 2.54. The molecule has 0 saturated carbocycles. The Morgan fingerprint density at radius 1 is 1.09 bits per heavy atom. The van der Waals surface area contributed by atoms with Gasteiger partial charge in [-0.25, -0.2) is 0 Å². The maximum absolute atomic E-state index is 9.08. The Hall–Kier alpha value is -1.64. The van der Waals surface area contributed by atoms with Gasteiger partial charge >= 0.3 is 0 Å². The lowest BCUT2D eigenvalue weighted by molar-refractivity contribution is 0.426. The molecule has 0 fully saturated rings. The van der Waals surface area contributed by atoms with Crippen LogP contribution in [-0.4, -0.2) is 15.3 Å². The van der Waals surface area contributed by atoms with Gasteiger partial charge < -0.3 is 15.3 Å². The van der Waals surface area contributed by atoms with E-state index in [1.54, 1.807) is 0 Å². The Morgan fingerprint density at radius 3 is 1.91 bits per heavy atom. The van der Waals surface area contributed by atoms with Gasteiger partial charge in [0.1, 0.15) is 17.2 Å². The van der Waals surface area contributed by atoms with Gasteiger partial charge in [-0.3, -0.25) is 0 Å². The Kier molecular flexibility index (Phi) is 1.72. The van der Waals surface area contributed by atoms with Crippen LogP contribution in [0.3, 0.4) is 0 Å². The highest BCUT2D eigenvalue weighted by Gasteiger charge is 2.04. The van der Waals surface area contributed by atoms with Crippen LogP contribution >= 0.6 is 0 Å². The lowest BCUT2D eigenvalue weighted by Crippen LogP contribution is -1.75. The number of phenols is 3. The molecule has 1 aromatic carbocycles. The third-order valence-electron chi connectivity index (χ3n) is 1.33. The minimum atomic E-state index is -0.183. The second-order valence-electron chi connectivity index (χ2n) is 2.10. The van der Waals surface area contributed by atoms with Gasteiger partial charge in [0.15, 0.2) is 0 Å². The average molecular weight is 152 g/mol. The van der Waals surface area contributed by atoms with E-state index in [4.69, 9.17) is 15.3 Å². The van der Waals surface area contributed by atoms with Gasteiger partial charge in [-0.05, 0) is 0 Å². The molecule has 0 heterocycles. The van der Waals surface area contributed by atoms with E-state index in [1.807, 2.05) is 0 Å². The summed E-state index contributed by atoms with van der Waals surface area (Å²) in [5.74, 6) is -0.541. The normalized spacial score (nSPS) is 9.45. The molecule has 0 aliphatic heterocycles. The van der Waals surface area contributed by atoms with Crippen molar-refractivity contribution in [1.82, 2.24) is 0 Å². The summed E-state index contributed by atoms with van der Waals surface area (Å²) in [5, 5.41) is 27.0. The van der Waals surface area contributed by atoms with Crippen molar-refractivity contribution in [2.24, 2.45) is 0 Å². The highest BCUT2D eigenvalue weighted by atomic mass is 16.3. The summed E-state index contributed by atoms with van der Waals surface area (Å²) < 4.78 is 0. The van der Waals surface area contributed by atoms with Gasteiger partial charge in [0.05, 0.1) is 5.56 Å². The van der Waals surface area contributed by atoms with Crippen LogP contribution in [0.15, 0.2) is 18.7 Å².